The van der Waals surface area contributed by atoms with Gasteiger partial charge >= 0.3 is 0 Å². The average Bonchev–Trinajstić information content (AvgIpc) is 2.40. The number of piperidine rings is 1. The molecule has 19 heavy (non-hydrogen) atoms. The van der Waals surface area contributed by atoms with Gasteiger partial charge in [-0.25, -0.2) is 0 Å². The molecule has 1 aromatic carbocycles. The predicted octanol–water partition coefficient (Wildman–Crippen LogP) is 4.30. The highest BCUT2D eigenvalue weighted by Crippen LogP contribution is 2.34. The van der Waals surface area contributed by atoms with Gasteiger partial charge in [-0.05, 0) is 43.5 Å². The van der Waals surface area contributed by atoms with Crippen LogP contribution in [0.25, 0.3) is 0 Å². The Hall–Kier alpha value is 0.200. The predicted molar refractivity (Wildman–Crippen MR) is 87.0 cm³/mol. The SMILES string of the molecule is Br.CCOC[C@@H]1CNCC[C@@H]1c1ccc(Cl)c(Cl)c1. The van der Waals surface area contributed by atoms with Crippen molar-refractivity contribution in [2.45, 2.75) is 19.3 Å². The van der Waals surface area contributed by atoms with Gasteiger partial charge in [-0.15, -0.1) is 17.0 Å². The molecule has 0 bridgehead atoms. The van der Waals surface area contributed by atoms with Crippen molar-refractivity contribution >= 4 is 40.2 Å². The molecule has 0 aliphatic carbocycles. The zero-order valence-corrected chi connectivity index (χ0v) is 14.2. The lowest BCUT2D eigenvalue weighted by molar-refractivity contribution is 0.0902. The molecule has 2 nitrogen and oxygen atoms in total. The molecule has 0 radical (unpaired) electrons. The average molecular weight is 369 g/mol. The Morgan fingerprint density at radius 1 is 1.32 bits per heavy atom. The molecular formula is C14H20BrCl2NO. The molecule has 1 heterocycles. The van der Waals surface area contributed by atoms with Crippen molar-refractivity contribution in [3.8, 4) is 0 Å². The fourth-order valence-corrected chi connectivity index (χ4v) is 2.86. The van der Waals surface area contributed by atoms with Crippen LogP contribution in [0.2, 0.25) is 10.0 Å². The van der Waals surface area contributed by atoms with Gasteiger partial charge in [0, 0.05) is 19.1 Å². The zero-order valence-electron chi connectivity index (χ0n) is 11.0. The van der Waals surface area contributed by atoms with Crippen molar-refractivity contribution in [3.05, 3.63) is 33.8 Å². The first kappa shape index (κ1) is 17.3. The summed E-state index contributed by atoms with van der Waals surface area (Å²) in [7, 11) is 0. The summed E-state index contributed by atoms with van der Waals surface area (Å²) in [4.78, 5) is 0. The molecular weight excluding hydrogens is 349 g/mol. The number of hydrogen-bond donors (Lipinski definition) is 1. The topological polar surface area (TPSA) is 21.3 Å². The second kappa shape index (κ2) is 8.48. The fraction of sp³-hybridized carbons (Fsp3) is 0.571. The van der Waals surface area contributed by atoms with Crippen LogP contribution in [0, 0.1) is 5.92 Å². The molecule has 2 atom stereocenters. The third-order valence-corrected chi connectivity index (χ3v) is 4.25. The summed E-state index contributed by atoms with van der Waals surface area (Å²) in [6.07, 6.45) is 1.12. The summed E-state index contributed by atoms with van der Waals surface area (Å²) < 4.78 is 5.58. The molecule has 5 heteroatoms. The molecule has 1 saturated heterocycles. The van der Waals surface area contributed by atoms with Crippen molar-refractivity contribution in [1.82, 2.24) is 5.32 Å². The fourth-order valence-electron chi connectivity index (χ4n) is 2.55. The van der Waals surface area contributed by atoms with E-state index in [1.54, 1.807) is 0 Å². The summed E-state index contributed by atoms with van der Waals surface area (Å²) in [6, 6.07) is 5.97. The Balaban J connectivity index is 0.00000180. The van der Waals surface area contributed by atoms with Crippen molar-refractivity contribution < 1.29 is 4.74 Å². The van der Waals surface area contributed by atoms with Crippen LogP contribution >= 0.6 is 40.2 Å². The second-order valence-corrected chi connectivity index (χ2v) is 5.51. The maximum Gasteiger partial charge on any atom is 0.0595 e. The van der Waals surface area contributed by atoms with Crippen LogP contribution in [0.1, 0.15) is 24.8 Å². The van der Waals surface area contributed by atoms with Gasteiger partial charge in [-0.1, -0.05) is 29.3 Å². The first-order valence-corrected chi connectivity index (χ1v) is 7.21. The van der Waals surface area contributed by atoms with Crippen molar-refractivity contribution in [1.29, 1.82) is 0 Å². The molecule has 0 saturated carbocycles. The maximum atomic E-state index is 6.11. The monoisotopic (exact) mass is 367 g/mol. The number of halogens is 3. The highest BCUT2D eigenvalue weighted by Gasteiger charge is 2.26. The molecule has 0 aromatic heterocycles. The minimum absolute atomic E-state index is 0. The summed E-state index contributed by atoms with van der Waals surface area (Å²) in [6.45, 7) is 5.65. The van der Waals surface area contributed by atoms with E-state index in [2.05, 4.69) is 11.4 Å². The Morgan fingerprint density at radius 2 is 2.11 bits per heavy atom. The van der Waals surface area contributed by atoms with Gasteiger partial charge in [0.1, 0.15) is 0 Å². The smallest absolute Gasteiger partial charge is 0.0595 e. The molecule has 1 aliphatic rings. The normalized spacial score (nSPS) is 22.9. The van der Waals surface area contributed by atoms with E-state index in [1.165, 1.54) is 5.56 Å². The highest BCUT2D eigenvalue weighted by atomic mass is 79.9. The van der Waals surface area contributed by atoms with E-state index in [1.807, 2.05) is 19.1 Å². The summed E-state index contributed by atoms with van der Waals surface area (Å²) in [5, 5.41) is 4.69. The number of hydrogen-bond acceptors (Lipinski definition) is 2. The second-order valence-electron chi connectivity index (χ2n) is 4.69. The van der Waals surface area contributed by atoms with Gasteiger partial charge in [0.15, 0.2) is 0 Å². The molecule has 0 unspecified atom stereocenters. The summed E-state index contributed by atoms with van der Waals surface area (Å²) in [5.41, 5.74) is 1.27. The van der Waals surface area contributed by atoms with E-state index >= 15 is 0 Å². The Kier molecular flexibility index (Phi) is 7.70. The van der Waals surface area contributed by atoms with Crippen molar-refractivity contribution in [2.24, 2.45) is 5.92 Å². The third-order valence-electron chi connectivity index (χ3n) is 3.52. The van der Waals surface area contributed by atoms with E-state index in [0.717, 1.165) is 32.7 Å². The van der Waals surface area contributed by atoms with Gasteiger partial charge in [-0.3, -0.25) is 0 Å². The van der Waals surface area contributed by atoms with Crippen LogP contribution in [0.4, 0.5) is 0 Å². The number of rotatable bonds is 4. The van der Waals surface area contributed by atoms with Crippen molar-refractivity contribution in [2.75, 3.05) is 26.3 Å². The van der Waals surface area contributed by atoms with Gasteiger partial charge < -0.3 is 10.1 Å². The molecule has 0 amide bonds. The Labute approximate surface area is 135 Å². The first-order chi connectivity index (χ1) is 8.72. The highest BCUT2D eigenvalue weighted by molar-refractivity contribution is 8.93. The zero-order chi connectivity index (χ0) is 13.0. The molecule has 108 valence electrons. The summed E-state index contributed by atoms with van der Waals surface area (Å²) >= 11 is 12.1. The van der Waals surface area contributed by atoms with Gasteiger partial charge in [0.2, 0.25) is 0 Å². The molecule has 1 aliphatic heterocycles. The first-order valence-electron chi connectivity index (χ1n) is 6.45. The lowest BCUT2D eigenvalue weighted by Crippen LogP contribution is -2.37. The van der Waals surface area contributed by atoms with Gasteiger partial charge in [0.05, 0.1) is 16.7 Å². The van der Waals surface area contributed by atoms with Gasteiger partial charge in [-0.2, -0.15) is 0 Å². The van der Waals surface area contributed by atoms with Crippen LogP contribution in [0.15, 0.2) is 18.2 Å². The molecule has 1 N–H and O–H groups in total. The van der Waals surface area contributed by atoms with Crippen LogP contribution < -0.4 is 5.32 Å². The van der Waals surface area contributed by atoms with Crippen LogP contribution in [0.5, 0.6) is 0 Å². The lowest BCUT2D eigenvalue weighted by atomic mass is 9.81. The lowest BCUT2D eigenvalue weighted by Gasteiger charge is -2.32. The van der Waals surface area contributed by atoms with E-state index in [4.69, 9.17) is 27.9 Å². The molecule has 1 aromatic rings. The number of nitrogens with one attached hydrogen (secondary N) is 1. The summed E-state index contributed by atoms with van der Waals surface area (Å²) in [5.74, 6) is 1.02. The number of benzene rings is 1. The Bertz CT molecular complexity index is 403. The third kappa shape index (κ3) is 4.61. The molecule has 2 rings (SSSR count). The van der Waals surface area contributed by atoms with E-state index in [9.17, 15) is 0 Å². The largest absolute Gasteiger partial charge is 0.381 e. The minimum Gasteiger partial charge on any atom is -0.381 e. The van der Waals surface area contributed by atoms with Crippen LogP contribution in [-0.4, -0.2) is 26.3 Å². The quantitative estimate of drug-likeness (QED) is 0.855. The van der Waals surface area contributed by atoms with E-state index < -0.39 is 0 Å². The standard InChI is InChI=1S/C14H19Cl2NO.BrH/c1-2-18-9-11-8-17-6-5-12(11)10-3-4-13(15)14(16)7-10;/h3-4,7,11-12,17H,2,5-6,8-9H2,1H3;1H/t11-,12+;/m0./s1. The van der Waals surface area contributed by atoms with E-state index in [0.29, 0.717) is 21.9 Å². The minimum atomic E-state index is 0. The molecule has 0 spiro atoms. The Morgan fingerprint density at radius 3 is 2.79 bits per heavy atom. The van der Waals surface area contributed by atoms with Crippen LogP contribution in [-0.2, 0) is 4.74 Å². The van der Waals surface area contributed by atoms with Gasteiger partial charge in [0.25, 0.3) is 0 Å². The van der Waals surface area contributed by atoms with Crippen LogP contribution in [0.3, 0.4) is 0 Å². The number of ether oxygens (including phenoxy) is 1. The van der Waals surface area contributed by atoms with E-state index in [-0.39, 0.29) is 17.0 Å². The molecule has 1 fully saturated rings. The van der Waals surface area contributed by atoms with Crippen molar-refractivity contribution in [3.63, 3.8) is 0 Å². The maximum absolute atomic E-state index is 6.11.